The van der Waals surface area contributed by atoms with Gasteiger partial charge < -0.3 is 20.3 Å². The Morgan fingerprint density at radius 2 is 1.95 bits per heavy atom. The number of sulfone groups is 1. The van der Waals surface area contributed by atoms with Crippen LogP contribution in [0.2, 0.25) is 0 Å². The Morgan fingerprint density at radius 3 is 2.61 bits per heavy atom. The number of carbonyl (C=O) groups excluding carboxylic acids is 1. The molecule has 1 aromatic carbocycles. The number of pyridine rings is 1. The van der Waals surface area contributed by atoms with Gasteiger partial charge in [-0.2, -0.15) is 0 Å². The zero-order valence-electron chi connectivity index (χ0n) is 21.1. The average molecular weight is 541 g/mol. The lowest BCUT2D eigenvalue weighted by atomic mass is 10.1. The van der Waals surface area contributed by atoms with Gasteiger partial charge in [0, 0.05) is 36.6 Å². The van der Waals surface area contributed by atoms with Gasteiger partial charge in [0.1, 0.15) is 16.4 Å². The normalized spacial score (nSPS) is 18.6. The van der Waals surface area contributed by atoms with Crippen molar-refractivity contribution in [2.45, 2.75) is 42.4 Å². The zero-order chi connectivity index (χ0) is 26.9. The van der Waals surface area contributed by atoms with Gasteiger partial charge in [-0.25, -0.2) is 27.6 Å². The maximum absolute atomic E-state index is 13.9. The standard InChI is InChI=1S/C26H29FN6O4S/c1-3-29-25(34)30-20-6-4-18(5-7-20)24-31-22(13-23(32-24)33-10-11-37-16-17(33)2)26(8-9-26)38(35,36)21-12-19(27)14-28-15-21/h4-7,12-15,17H,3,8-11,16H2,1-2H3,(H2,29,30,34)/t17-/m0/s1. The molecule has 0 unspecified atom stereocenters. The van der Waals surface area contributed by atoms with Crippen LogP contribution in [-0.4, -0.2) is 61.7 Å². The number of nitrogens with one attached hydrogen (secondary N) is 2. The van der Waals surface area contributed by atoms with E-state index in [4.69, 9.17) is 14.7 Å². The number of urea groups is 1. The number of carbonyl (C=O) groups is 1. The number of hydrogen-bond acceptors (Lipinski definition) is 8. The molecule has 2 fully saturated rings. The summed E-state index contributed by atoms with van der Waals surface area (Å²) in [5, 5.41) is 5.42. The molecule has 0 spiro atoms. The molecule has 200 valence electrons. The Balaban J connectivity index is 1.57. The number of rotatable bonds is 7. The number of amides is 2. The first-order chi connectivity index (χ1) is 18.2. The van der Waals surface area contributed by atoms with E-state index in [1.165, 1.54) is 6.20 Å². The highest BCUT2D eigenvalue weighted by Gasteiger charge is 2.58. The molecule has 3 heterocycles. The van der Waals surface area contributed by atoms with E-state index in [-0.39, 0.29) is 17.0 Å². The molecule has 12 heteroatoms. The molecule has 1 saturated heterocycles. The van der Waals surface area contributed by atoms with Gasteiger partial charge in [0.15, 0.2) is 15.7 Å². The quantitative estimate of drug-likeness (QED) is 0.466. The number of morpholine rings is 1. The summed E-state index contributed by atoms with van der Waals surface area (Å²) in [4.78, 5) is 27.1. The Hall–Kier alpha value is -3.64. The second kappa shape index (κ2) is 10.3. The molecule has 1 aliphatic heterocycles. The maximum atomic E-state index is 13.9. The Kier molecular flexibility index (Phi) is 7.01. The van der Waals surface area contributed by atoms with Gasteiger partial charge in [0.2, 0.25) is 0 Å². The number of nitrogens with zero attached hydrogens (tertiary/aromatic N) is 4. The van der Waals surface area contributed by atoms with E-state index in [0.717, 1.165) is 12.3 Å². The van der Waals surface area contributed by atoms with E-state index >= 15 is 0 Å². The third-order valence-electron chi connectivity index (χ3n) is 6.79. The summed E-state index contributed by atoms with van der Waals surface area (Å²) in [5.41, 5.74) is 1.62. The molecule has 2 N–H and O–H groups in total. The number of hydrogen-bond donors (Lipinski definition) is 2. The maximum Gasteiger partial charge on any atom is 0.319 e. The van der Waals surface area contributed by atoms with Crippen LogP contribution in [0.4, 0.5) is 20.7 Å². The van der Waals surface area contributed by atoms with Crippen LogP contribution in [0.25, 0.3) is 11.4 Å². The first-order valence-corrected chi connectivity index (χ1v) is 14.0. The Bertz CT molecular complexity index is 1450. The van der Waals surface area contributed by atoms with E-state index < -0.39 is 20.4 Å². The van der Waals surface area contributed by atoms with Gasteiger partial charge in [-0.1, -0.05) is 0 Å². The summed E-state index contributed by atoms with van der Waals surface area (Å²) in [5.74, 6) is 0.248. The molecular weight excluding hydrogens is 511 g/mol. The average Bonchev–Trinajstić information content (AvgIpc) is 3.72. The molecular formula is C26H29FN6O4S. The van der Waals surface area contributed by atoms with Crippen molar-refractivity contribution in [1.82, 2.24) is 20.3 Å². The fourth-order valence-corrected chi connectivity index (χ4v) is 6.53. The van der Waals surface area contributed by atoms with Crippen molar-refractivity contribution in [3.63, 3.8) is 0 Å². The van der Waals surface area contributed by atoms with Crippen molar-refractivity contribution in [2.24, 2.45) is 0 Å². The van der Waals surface area contributed by atoms with Crippen LogP contribution in [0.1, 0.15) is 32.4 Å². The first kappa shape index (κ1) is 26.0. The summed E-state index contributed by atoms with van der Waals surface area (Å²) in [6, 6.07) is 9.47. The SMILES string of the molecule is CCNC(=O)Nc1ccc(-c2nc(N3CCOC[C@@H]3C)cc(C3(S(=O)(=O)c4cncc(F)c4)CC3)n2)cc1. The van der Waals surface area contributed by atoms with Crippen LogP contribution in [0.15, 0.2) is 53.7 Å². The third kappa shape index (κ3) is 4.93. The highest BCUT2D eigenvalue weighted by molar-refractivity contribution is 7.92. The van der Waals surface area contributed by atoms with Crippen molar-refractivity contribution >= 4 is 27.4 Å². The monoisotopic (exact) mass is 540 g/mol. The second-order valence-electron chi connectivity index (χ2n) is 9.45. The second-order valence-corrected chi connectivity index (χ2v) is 11.7. The molecule has 5 rings (SSSR count). The highest BCUT2D eigenvalue weighted by Crippen LogP contribution is 2.55. The summed E-state index contributed by atoms with van der Waals surface area (Å²) in [7, 11) is -3.98. The first-order valence-electron chi connectivity index (χ1n) is 12.5. The summed E-state index contributed by atoms with van der Waals surface area (Å²) < 4.78 is 45.6. The summed E-state index contributed by atoms with van der Waals surface area (Å²) >= 11 is 0. The molecule has 0 bridgehead atoms. The molecule has 0 radical (unpaired) electrons. The van der Waals surface area contributed by atoms with Crippen LogP contribution in [0.5, 0.6) is 0 Å². The minimum atomic E-state index is -3.98. The van der Waals surface area contributed by atoms with Gasteiger partial charge in [0.25, 0.3) is 0 Å². The molecule has 38 heavy (non-hydrogen) atoms. The van der Waals surface area contributed by atoms with Crippen LogP contribution in [0.3, 0.4) is 0 Å². The lowest BCUT2D eigenvalue weighted by Crippen LogP contribution is -2.44. The molecule has 1 saturated carbocycles. The highest BCUT2D eigenvalue weighted by atomic mass is 32.2. The molecule has 2 aliphatic rings. The van der Waals surface area contributed by atoms with Crippen LogP contribution >= 0.6 is 0 Å². The lowest BCUT2D eigenvalue weighted by Gasteiger charge is -2.34. The fourth-order valence-electron chi connectivity index (χ4n) is 4.59. The lowest BCUT2D eigenvalue weighted by molar-refractivity contribution is 0.0985. The van der Waals surface area contributed by atoms with Crippen molar-refractivity contribution in [2.75, 3.05) is 36.5 Å². The van der Waals surface area contributed by atoms with Gasteiger partial charge >= 0.3 is 6.03 Å². The summed E-state index contributed by atoms with van der Waals surface area (Å²) in [6.07, 6.45) is 2.86. The van der Waals surface area contributed by atoms with Gasteiger partial charge in [-0.3, -0.25) is 4.98 Å². The van der Waals surface area contributed by atoms with E-state index in [1.807, 2.05) is 13.8 Å². The molecule has 2 amide bonds. The molecule has 1 atom stereocenters. The van der Waals surface area contributed by atoms with Crippen LogP contribution in [0, 0.1) is 5.82 Å². The molecule has 2 aromatic heterocycles. The zero-order valence-corrected chi connectivity index (χ0v) is 22.0. The molecule has 3 aromatic rings. The third-order valence-corrected chi connectivity index (χ3v) is 9.28. The topological polar surface area (TPSA) is 126 Å². The predicted octanol–water partition coefficient (Wildman–Crippen LogP) is 3.51. The van der Waals surface area contributed by atoms with Crippen molar-refractivity contribution in [1.29, 1.82) is 0 Å². The Labute approximate surface area is 220 Å². The van der Waals surface area contributed by atoms with E-state index in [1.54, 1.807) is 30.3 Å². The largest absolute Gasteiger partial charge is 0.377 e. The van der Waals surface area contributed by atoms with Crippen molar-refractivity contribution < 1.29 is 22.3 Å². The molecule has 10 nitrogen and oxygen atoms in total. The van der Waals surface area contributed by atoms with Gasteiger partial charge in [-0.05, 0) is 57.0 Å². The Morgan fingerprint density at radius 1 is 1.18 bits per heavy atom. The summed E-state index contributed by atoms with van der Waals surface area (Å²) in [6.45, 7) is 6.00. The minimum Gasteiger partial charge on any atom is -0.377 e. The number of anilines is 2. The minimum absolute atomic E-state index is 0.0298. The fraction of sp³-hybridized carbons (Fsp3) is 0.385. The number of benzene rings is 1. The number of halogens is 1. The predicted molar refractivity (Wildman–Crippen MR) is 140 cm³/mol. The van der Waals surface area contributed by atoms with Crippen molar-refractivity contribution in [3.8, 4) is 11.4 Å². The van der Waals surface area contributed by atoms with E-state index in [2.05, 4.69) is 20.5 Å². The number of aromatic nitrogens is 3. The van der Waals surface area contributed by atoms with Crippen molar-refractivity contribution in [3.05, 3.63) is 60.3 Å². The van der Waals surface area contributed by atoms with Crippen LogP contribution in [-0.2, 0) is 19.3 Å². The van der Waals surface area contributed by atoms with E-state index in [0.29, 0.717) is 67.7 Å². The number of ether oxygens (including phenoxy) is 1. The van der Waals surface area contributed by atoms with E-state index in [9.17, 15) is 17.6 Å². The van der Waals surface area contributed by atoms with Crippen LogP contribution < -0.4 is 15.5 Å². The smallest absolute Gasteiger partial charge is 0.319 e. The molecule has 1 aliphatic carbocycles. The van der Waals surface area contributed by atoms with Gasteiger partial charge in [0.05, 0.1) is 36.0 Å². The van der Waals surface area contributed by atoms with Gasteiger partial charge in [-0.15, -0.1) is 0 Å².